The highest BCUT2D eigenvalue weighted by Gasteiger charge is 2.61. The molecule has 21 heavy (non-hydrogen) atoms. The van der Waals surface area contributed by atoms with Gasteiger partial charge in [0.2, 0.25) is 5.92 Å². The minimum absolute atomic E-state index is 0.0234. The van der Waals surface area contributed by atoms with E-state index in [4.69, 9.17) is 0 Å². The first-order chi connectivity index (χ1) is 9.26. The molecule has 0 amide bonds. The third-order valence-electron chi connectivity index (χ3n) is 2.31. The SMILES string of the molecule is O=C(c1cnccc1C(F)(F)F)C(C(F)(F)F)C(F)(F)F. The maximum Gasteiger partial charge on any atom is 0.417 e. The summed E-state index contributed by atoms with van der Waals surface area (Å²) in [5, 5.41) is 0. The molecule has 0 spiro atoms. The van der Waals surface area contributed by atoms with Crippen molar-refractivity contribution < 1.29 is 44.3 Å². The van der Waals surface area contributed by atoms with E-state index < -0.39 is 41.4 Å². The Bertz CT molecular complexity index is 515. The predicted molar refractivity (Wildman–Crippen MR) is 49.2 cm³/mol. The summed E-state index contributed by atoms with van der Waals surface area (Å²) in [6.45, 7) is 0. The molecule has 0 N–H and O–H groups in total. The number of alkyl halides is 9. The monoisotopic (exact) mass is 325 g/mol. The molecule has 0 fully saturated rings. The van der Waals surface area contributed by atoms with Gasteiger partial charge < -0.3 is 0 Å². The normalized spacial score (nSPS) is 13.6. The van der Waals surface area contributed by atoms with Crippen LogP contribution in [-0.4, -0.2) is 23.1 Å². The van der Waals surface area contributed by atoms with E-state index in [1.54, 1.807) is 0 Å². The summed E-state index contributed by atoms with van der Waals surface area (Å²) in [4.78, 5) is 14.3. The van der Waals surface area contributed by atoms with Crippen molar-refractivity contribution in [1.29, 1.82) is 0 Å². The summed E-state index contributed by atoms with van der Waals surface area (Å²) < 4.78 is 112. The summed E-state index contributed by atoms with van der Waals surface area (Å²) in [6, 6.07) is 0.122. The van der Waals surface area contributed by atoms with Crippen LogP contribution >= 0.6 is 0 Å². The lowest BCUT2D eigenvalue weighted by Gasteiger charge is -2.22. The van der Waals surface area contributed by atoms with Crippen molar-refractivity contribution >= 4 is 5.78 Å². The molecule has 1 heterocycles. The molecule has 0 unspecified atom stereocenters. The maximum absolute atomic E-state index is 12.5. The van der Waals surface area contributed by atoms with Crippen LogP contribution in [0.3, 0.4) is 0 Å². The van der Waals surface area contributed by atoms with Crippen LogP contribution in [0.5, 0.6) is 0 Å². The fourth-order valence-electron chi connectivity index (χ4n) is 1.48. The number of aromatic nitrogens is 1. The smallest absolute Gasteiger partial charge is 0.293 e. The Morgan fingerprint density at radius 2 is 1.43 bits per heavy atom. The van der Waals surface area contributed by atoms with Gasteiger partial charge >= 0.3 is 18.5 Å². The molecule has 0 saturated carbocycles. The van der Waals surface area contributed by atoms with Gasteiger partial charge in [-0.3, -0.25) is 9.78 Å². The Balaban J connectivity index is 3.43. The highest BCUT2D eigenvalue weighted by atomic mass is 19.4. The van der Waals surface area contributed by atoms with E-state index in [1.165, 1.54) is 0 Å². The molecule has 118 valence electrons. The minimum Gasteiger partial charge on any atom is -0.293 e. The van der Waals surface area contributed by atoms with E-state index in [-0.39, 0.29) is 12.3 Å². The molecule has 0 aliphatic rings. The van der Waals surface area contributed by atoms with Crippen molar-refractivity contribution in [3.8, 4) is 0 Å². The minimum atomic E-state index is -6.08. The molecule has 1 aromatic rings. The van der Waals surface area contributed by atoms with Crippen LogP contribution in [0.1, 0.15) is 15.9 Å². The molecule has 0 atom stereocenters. The average molecular weight is 325 g/mol. The summed E-state index contributed by atoms with van der Waals surface area (Å²) in [5.41, 5.74) is -3.70. The first-order valence-corrected chi connectivity index (χ1v) is 4.95. The molecular formula is C10H4F9NO. The second-order valence-corrected chi connectivity index (χ2v) is 3.80. The standard InChI is InChI=1S/C10H4F9NO/c11-8(12,13)5-1-2-20-3-4(5)6(21)7(9(14,15)16)10(17,18)19/h1-3,7H. The van der Waals surface area contributed by atoms with Crippen LogP contribution in [0.25, 0.3) is 0 Å². The van der Waals surface area contributed by atoms with Gasteiger partial charge in [-0.05, 0) is 6.07 Å². The van der Waals surface area contributed by atoms with E-state index in [2.05, 4.69) is 4.98 Å². The number of halogens is 9. The zero-order valence-corrected chi connectivity index (χ0v) is 9.57. The van der Waals surface area contributed by atoms with Crippen molar-refractivity contribution in [2.75, 3.05) is 0 Å². The molecular weight excluding hydrogens is 321 g/mol. The number of carbonyl (C=O) groups excluding carboxylic acids is 1. The Kier molecular flexibility index (Phi) is 4.26. The zero-order valence-electron chi connectivity index (χ0n) is 9.57. The van der Waals surface area contributed by atoms with Crippen LogP contribution in [0.15, 0.2) is 18.5 Å². The van der Waals surface area contributed by atoms with Crippen molar-refractivity contribution in [3.05, 3.63) is 29.6 Å². The molecule has 0 aliphatic carbocycles. The van der Waals surface area contributed by atoms with Crippen molar-refractivity contribution in [2.24, 2.45) is 5.92 Å². The van der Waals surface area contributed by atoms with Crippen LogP contribution in [0.2, 0.25) is 0 Å². The molecule has 0 radical (unpaired) electrons. The van der Waals surface area contributed by atoms with Crippen molar-refractivity contribution in [1.82, 2.24) is 4.98 Å². The summed E-state index contributed by atoms with van der Waals surface area (Å²) in [6.07, 6.45) is -16.9. The second-order valence-electron chi connectivity index (χ2n) is 3.80. The molecule has 0 aromatic carbocycles. The summed E-state index contributed by atoms with van der Waals surface area (Å²) >= 11 is 0. The number of hydrogen-bond acceptors (Lipinski definition) is 2. The highest BCUT2D eigenvalue weighted by Crippen LogP contribution is 2.42. The number of rotatable bonds is 2. The van der Waals surface area contributed by atoms with Crippen LogP contribution < -0.4 is 0 Å². The van der Waals surface area contributed by atoms with Crippen molar-refractivity contribution in [3.63, 3.8) is 0 Å². The van der Waals surface area contributed by atoms with Gasteiger partial charge in [-0.15, -0.1) is 0 Å². The van der Waals surface area contributed by atoms with Gasteiger partial charge in [0.1, 0.15) is 0 Å². The average Bonchev–Trinajstić information content (AvgIpc) is 2.23. The first-order valence-electron chi connectivity index (χ1n) is 4.95. The van der Waals surface area contributed by atoms with E-state index in [0.717, 1.165) is 0 Å². The van der Waals surface area contributed by atoms with Crippen LogP contribution in [0.4, 0.5) is 39.5 Å². The Morgan fingerprint density at radius 1 is 0.952 bits per heavy atom. The van der Waals surface area contributed by atoms with Gasteiger partial charge in [-0.1, -0.05) is 0 Å². The Labute approximate surface area is 110 Å². The highest BCUT2D eigenvalue weighted by molar-refractivity contribution is 6.00. The van der Waals surface area contributed by atoms with E-state index in [0.29, 0.717) is 6.20 Å². The van der Waals surface area contributed by atoms with Crippen LogP contribution in [0, 0.1) is 5.92 Å². The van der Waals surface area contributed by atoms with Crippen LogP contribution in [-0.2, 0) is 6.18 Å². The Morgan fingerprint density at radius 3 is 1.81 bits per heavy atom. The predicted octanol–water partition coefficient (Wildman–Crippen LogP) is 4.02. The van der Waals surface area contributed by atoms with Gasteiger partial charge in [0, 0.05) is 18.0 Å². The largest absolute Gasteiger partial charge is 0.417 e. The van der Waals surface area contributed by atoms with E-state index in [1.807, 2.05) is 0 Å². The third kappa shape index (κ3) is 3.85. The fourth-order valence-corrected chi connectivity index (χ4v) is 1.48. The van der Waals surface area contributed by atoms with Gasteiger partial charge in [0.05, 0.1) is 5.56 Å². The lowest BCUT2D eigenvalue weighted by atomic mass is 9.94. The first kappa shape index (κ1) is 17.2. The fraction of sp³-hybridized carbons (Fsp3) is 0.400. The second kappa shape index (κ2) is 5.19. The maximum atomic E-state index is 12.5. The van der Waals surface area contributed by atoms with E-state index in [9.17, 15) is 44.3 Å². The lowest BCUT2D eigenvalue weighted by molar-refractivity contribution is -0.265. The molecule has 2 nitrogen and oxygen atoms in total. The van der Waals surface area contributed by atoms with Crippen molar-refractivity contribution in [2.45, 2.75) is 18.5 Å². The summed E-state index contributed by atoms with van der Waals surface area (Å²) in [5.74, 6) is -7.30. The Hall–Kier alpha value is -1.81. The lowest BCUT2D eigenvalue weighted by Crippen LogP contribution is -2.43. The molecule has 0 bridgehead atoms. The third-order valence-corrected chi connectivity index (χ3v) is 2.31. The number of pyridine rings is 1. The number of hydrogen-bond donors (Lipinski definition) is 0. The molecule has 11 heteroatoms. The van der Waals surface area contributed by atoms with E-state index >= 15 is 0 Å². The van der Waals surface area contributed by atoms with Gasteiger partial charge in [0.25, 0.3) is 0 Å². The summed E-state index contributed by atoms with van der Waals surface area (Å²) in [7, 11) is 0. The molecule has 1 rings (SSSR count). The van der Waals surface area contributed by atoms with Gasteiger partial charge in [-0.2, -0.15) is 39.5 Å². The molecule has 0 saturated heterocycles. The number of nitrogens with zero attached hydrogens (tertiary/aromatic N) is 1. The number of ketones is 1. The zero-order chi connectivity index (χ0) is 16.6. The number of carbonyl (C=O) groups is 1. The van der Waals surface area contributed by atoms with Gasteiger partial charge in [0.15, 0.2) is 5.78 Å². The topological polar surface area (TPSA) is 30.0 Å². The quantitative estimate of drug-likeness (QED) is 0.607. The molecule has 0 aliphatic heterocycles. The number of Topliss-reactive ketones (excluding diaryl/α,β-unsaturated/α-hetero) is 1. The molecule has 1 aromatic heterocycles. The van der Waals surface area contributed by atoms with Gasteiger partial charge in [-0.25, -0.2) is 0 Å².